The molecular formula is C10H22O4Si3. The van der Waals surface area contributed by atoms with Crippen molar-refractivity contribution in [2.45, 2.75) is 38.8 Å². The van der Waals surface area contributed by atoms with E-state index in [1.165, 1.54) is 0 Å². The molecule has 0 aliphatic carbocycles. The Bertz CT molecular complexity index is 261. The Labute approximate surface area is 109 Å². The molecule has 0 heterocycles. The highest BCUT2D eigenvalue weighted by atomic mass is 28.5. The monoisotopic (exact) mass is 290 g/mol. The molecule has 17 heavy (non-hydrogen) atoms. The fourth-order valence-corrected chi connectivity index (χ4v) is 9.66. The summed E-state index contributed by atoms with van der Waals surface area (Å²) in [6.45, 7) is 14.3. The van der Waals surface area contributed by atoms with Crippen LogP contribution in [0.1, 0.15) is 0 Å². The van der Waals surface area contributed by atoms with Crippen molar-refractivity contribution in [2.75, 3.05) is 6.61 Å². The molecule has 0 fully saturated rings. The van der Waals surface area contributed by atoms with Gasteiger partial charge < -0.3 is 13.0 Å². The van der Waals surface area contributed by atoms with Gasteiger partial charge in [-0.05, 0) is 38.8 Å². The molecule has 7 heteroatoms. The van der Waals surface area contributed by atoms with Crippen molar-refractivity contribution in [1.29, 1.82) is 0 Å². The molecule has 0 aromatic rings. The van der Waals surface area contributed by atoms with Crippen molar-refractivity contribution in [3.05, 3.63) is 12.7 Å². The average Bonchev–Trinajstić information content (AvgIpc) is 2.12. The van der Waals surface area contributed by atoms with E-state index < -0.39 is 16.9 Å². The number of hydrogen-bond acceptors (Lipinski definition) is 4. The maximum absolute atomic E-state index is 10.8. The van der Waals surface area contributed by atoms with Crippen LogP contribution in [0.15, 0.2) is 12.7 Å². The second-order valence-corrected chi connectivity index (χ2v) is 14.4. The minimum Gasteiger partial charge on any atom is -0.463 e. The van der Waals surface area contributed by atoms with Gasteiger partial charge in [-0.15, -0.1) is 0 Å². The Hall–Kier alpha value is -0.219. The van der Waals surface area contributed by atoms with Crippen molar-refractivity contribution in [3.8, 4) is 0 Å². The van der Waals surface area contributed by atoms with Gasteiger partial charge in [-0.3, -0.25) is 0 Å². The predicted molar refractivity (Wildman–Crippen MR) is 74.7 cm³/mol. The molecule has 0 rings (SSSR count). The smallest absolute Gasteiger partial charge is 0.330 e. The number of carbonyl (C=O) groups excluding carboxylic acids is 1. The number of carbonyl (C=O) groups is 1. The minimum atomic E-state index is -2.01. The second-order valence-electron chi connectivity index (χ2n) is 4.98. The van der Waals surface area contributed by atoms with Crippen LogP contribution in [0.2, 0.25) is 38.8 Å². The molecule has 0 unspecified atom stereocenters. The van der Waals surface area contributed by atoms with Gasteiger partial charge in [0.15, 0.2) is 8.32 Å². The maximum Gasteiger partial charge on any atom is 0.330 e. The lowest BCUT2D eigenvalue weighted by Crippen LogP contribution is -2.45. The summed E-state index contributed by atoms with van der Waals surface area (Å²) in [4.78, 5) is 10.8. The first kappa shape index (κ1) is 16.8. The van der Waals surface area contributed by atoms with E-state index in [0.29, 0.717) is 22.4 Å². The van der Waals surface area contributed by atoms with E-state index in [1.54, 1.807) is 0 Å². The van der Waals surface area contributed by atoms with E-state index in [0.717, 1.165) is 6.08 Å². The summed E-state index contributed by atoms with van der Waals surface area (Å²) < 4.78 is 16.7. The Balaban J connectivity index is 3.73. The van der Waals surface area contributed by atoms with E-state index in [9.17, 15) is 4.79 Å². The summed E-state index contributed by atoms with van der Waals surface area (Å²) in [6.07, 6.45) is 1.16. The SMILES string of the molecule is C=CC(=O)OCC[Si]O[Si](C)(C)O[Si](C)(C)C. The summed E-state index contributed by atoms with van der Waals surface area (Å²) in [5.74, 6) is -0.385. The fourth-order valence-electron chi connectivity index (χ4n) is 1.24. The summed E-state index contributed by atoms with van der Waals surface area (Å²) in [5.41, 5.74) is 0. The predicted octanol–water partition coefficient (Wildman–Crippen LogP) is 2.32. The summed E-state index contributed by atoms with van der Waals surface area (Å²) in [7, 11) is -3.24. The third kappa shape index (κ3) is 10.6. The molecule has 4 nitrogen and oxygen atoms in total. The van der Waals surface area contributed by atoms with Gasteiger partial charge in [0.25, 0.3) is 0 Å². The molecule has 0 N–H and O–H groups in total. The van der Waals surface area contributed by atoms with Gasteiger partial charge in [-0.1, -0.05) is 6.58 Å². The van der Waals surface area contributed by atoms with Crippen LogP contribution in [0.4, 0.5) is 0 Å². The van der Waals surface area contributed by atoms with Crippen LogP contribution in [0.25, 0.3) is 0 Å². The molecule has 98 valence electrons. The molecular weight excluding hydrogens is 268 g/mol. The van der Waals surface area contributed by atoms with E-state index in [4.69, 9.17) is 13.0 Å². The van der Waals surface area contributed by atoms with Gasteiger partial charge in [0.1, 0.15) is 0 Å². The Morgan fingerprint density at radius 2 is 1.88 bits per heavy atom. The lowest BCUT2D eigenvalue weighted by atomic mass is 10.6. The van der Waals surface area contributed by atoms with Crippen LogP contribution in [0.5, 0.6) is 0 Å². The molecule has 0 aliphatic rings. The van der Waals surface area contributed by atoms with E-state index >= 15 is 0 Å². The molecule has 0 atom stereocenters. The molecule has 2 radical (unpaired) electrons. The molecule has 0 aromatic carbocycles. The normalized spacial score (nSPS) is 12.3. The molecule has 0 spiro atoms. The van der Waals surface area contributed by atoms with Crippen LogP contribution in [-0.4, -0.2) is 39.2 Å². The van der Waals surface area contributed by atoms with Crippen molar-refractivity contribution in [1.82, 2.24) is 0 Å². The van der Waals surface area contributed by atoms with Crippen molar-refractivity contribution in [3.63, 3.8) is 0 Å². The molecule has 0 aromatic heterocycles. The molecule has 0 amide bonds. The van der Waals surface area contributed by atoms with E-state index in [2.05, 4.69) is 26.2 Å². The molecule has 0 saturated heterocycles. The molecule has 0 aliphatic heterocycles. The first-order chi connectivity index (χ1) is 7.66. The Morgan fingerprint density at radius 1 is 1.29 bits per heavy atom. The standard InChI is InChI=1S/C10H22O4Si3/c1-7-10(11)12-8-9-15-13-17(5,6)14-16(2,3)4/h7H,1,8-9H2,2-6H3. The lowest BCUT2D eigenvalue weighted by Gasteiger charge is -2.30. The summed E-state index contributed by atoms with van der Waals surface area (Å²) in [6, 6.07) is 0.713. The van der Waals surface area contributed by atoms with Crippen molar-refractivity contribution < 1.29 is 17.8 Å². The van der Waals surface area contributed by atoms with E-state index in [-0.39, 0.29) is 5.97 Å². The van der Waals surface area contributed by atoms with E-state index in [1.807, 2.05) is 13.1 Å². The van der Waals surface area contributed by atoms with Crippen LogP contribution < -0.4 is 0 Å². The quantitative estimate of drug-likeness (QED) is 0.298. The van der Waals surface area contributed by atoms with Gasteiger partial charge in [0.2, 0.25) is 9.76 Å². The third-order valence-corrected chi connectivity index (χ3v) is 8.85. The number of hydrogen-bond donors (Lipinski definition) is 0. The highest BCUT2D eigenvalue weighted by Gasteiger charge is 2.31. The fraction of sp³-hybridized carbons (Fsp3) is 0.700. The van der Waals surface area contributed by atoms with Crippen LogP contribution in [0.3, 0.4) is 0 Å². The topological polar surface area (TPSA) is 44.8 Å². The van der Waals surface area contributed by atoms with Gasteiger partial charge in [0.05, 0.1) is 6.61 Å². The van der Waals surface area contributed by atoms with Gasteiger partial charge in [-0.2, -0.15) is 0 Å². The highest BCUT2D eigenvalue weighted by Crippen LogP contribution is 2.14. The second kappa shape index (κ2) is 7.27. The number of ether oxygens (including phenoxy) is 1. The average molecular weight is 291 g/mol. The first-order valence-electron chi connectivity index (χ1n) is 5.56. The zero-order chi connectivity index (χ0) is 13.5. The van der Waals surface area contributed by atoms with Gasteiger partial charge >= 0.3 is 14.5 Å². The summed E-state index contributed by atoms with van der Waals surface area (Å²) in [5, 5.41) is 0. The van der Waals surface area contributed by atoms with Gasteiger partial charge in [0, 0.05) is 6.08 Å². The zero-order valence-electron chi connectivity index (χ0n) is 11.3. The Morgan fingerprint density at radius 3 is 2.35 bits per heavy atom. The van der Waals surface area contributed by atoms with Crippen LogP contribution in [0, 0.1) is 0 Å². The molecule has 0 saturated carbocycles. The number of rotatable bonds is 8. The maximum atomic E-state index is 10.8. The minimum absolute atomic E-state index is 0.318. The molecule has 0 bridgehead atoms. The number of esters is 1. The lowest BCUT2D eigenvalue weighted by molar-refractivity contribution is -0.137. The van der Waals surface area contributed by atoms with Crippen LogP contribution in [-0.2, 0) is 17.8 Å². The zero-order valence-corrected chi connectivity index (χ0v) is 14.3. The van der Waals surface area contributed by atoms with Crippen LogP contribution >= 0.6 is 0 Å². The van der Waals surface area contributed by atoms with Gasteiger partial charge in [-0.25, -0.2) is 4.79 Å². The third-order valence-electron chi connectivity index (χ3n) is 1.49. The van der Waals surface area contributed by atoms with Crippen molar-refractivity contribution in [2.24, 2.45) is 0 Å². The summed E-state index contributed by atoms with van der Waals surface area (Å²) >= 11 is 0. The highest BCUT2D eigenvalue weighted by molar-refractivity contribution is 6.82. The first-order valence-corrected chi connectivity index (χ1v) is 12.9. The largest absolute Gasteiger partial charge is 0.463 e. The van der Waals surface area contributed by atoms with Crippen molar-refractivity contribution >= 4 is 32.6 Å². The Kier molecular flexibility index (Phi) is 7.17.